The standard InChI is InChI=1S/C79H52B2N4OS2/c1-7-27-52(28-8-1)82(53-29-9-2-10-30-53)58-47-68-76-70(49-58)86-78-64(80(76)62-41-21-23-43-66(62)84(68)56-35-15-5-16-36-56)51-65-79(75(78)74-60-39-19-25-45-71(60)87-72-46-26-20-40-61(72)74)88-73-50-59(83(54-31-11-3-12-32-54)55-33-13-4-14-34-55)48-69-77(73)81(65)63-42-22-24-44-67(63)85(69)57-37-17-6-18-38-57/h1-51,74H. The second-order valence-electron chi connectivity index (χ2n) is 23.0. The number of rotatable bonds is 9. The van der Waals surface area contributed by atoms with Crippen LogP contribution in [-0.2, 0) is 0 Å². The lowest BCUT2D eigenvalue weighted by atomic mass is 9.31. The van der Waals surface area contributed by atoms with Gasteiger partial charge >= 0.3 is 0 Å². The van der Waals surface area contributed by atoms with E-state index in [0.29, 0.717) is 0 Å². The maximum absolute atomic E-state index is 8.19. The molecule has 0 radical (unpaired) electrons. The van der Waals surface area contributed by atoms with Gasteiger partial charge in [-0.15, -0.1) is 0 Å². The van der Waals surface area contributed by atoms with E-state index in [1.165, 1.54) is 75.0 Å². The lowest BCUT2D eigenvalue weighted by Gasteiger charge is -2.44. The van der Waals surface area contributed by atoms with Crippen molar-refractivity contribution in [2.75, 3.05) is 19.6 Å². The normalized spacial score (nSPS) is 13.5. The first kappa shape index (κ1) is 51.0. The van der Waals surface area contributed by atoms with Crippen LogP contribution < -0.4 is 57.1 Å². The molecule has 0 saturated heterocycles. The van der Waals surface area contributed by atoms with E-state index in [0.717, 1.165) is 73.8 Å². The van der Waals surface area contributed by atoms with Crippen LogP contribution in [0.3, 0.4) is 0 Å². The third-order valence-electron chi connectivity index (χ3n) is 18.2. The fraction of sp³-hybridized carbons (Fsp3) is 0.0127. The van der Waals surface area contributed by atoms with Crippen molar-refractivity contribution in [3.8, 4) is 11.5 Å². The molecule has 13 aromatic carbocycles. The molecule has 9 heteroatoms. The Balaban J connectivity index is 0.962. The number of para-hydroxylation sites is 8. The number of anilines is 12. The van der Waals surface area contributed by atoms with Gasteiger partial charge in [0.1, 0.15) is 11.5 Å². The summed E-state index contributed by atoms with van der Waals surface area (Å²) in [7, 11) is 0. The molecule has 5 nitrogen and oxygen atoms in total. The average Bonchev–Trinajstić information content (AvgIpc) is 0.744. The van der Waals surface area contributed by atoms with Gasteiger partial charge in [0.25, 0.3) is 6.71 Å². The van der Waals surface area contributed by atoms with Crippen LogP contribution in [-0.4, -0.2) is 13.4 Å². The number of nitrogens with zero attached hydrogens (tertiary/aromatic N) is 4. The Morgan fingerprint density at radius 2 is 0.727 bits per heavy atom. The Morgan fingerprint density at radius 1 is 0.318 bits per heavy atom. The van der Waals surface area contributed by atoms with E-state index in [9.17, 15) is 0 Å². The second-order valence-corrected chi connectivity index (χ2v) is 25.2. The average molecular weight is 1160 g/mol. The minimum atomic E-state index is -0.202. The number of fused-ring (bicyclic) bond motifs is 10. The monoisotopic (exact) mass is 1160 g/mol. The van der Waals surface area contributed by atoms with E-state index in [2.05, 4.69) is 329 Å². The molecular weight excluding hydrogens is 1110 g/mol. The summed E-state index contributed by atoms with van der Waals surface area (Å²) in [5.41, 5.74) is 24.4. The number of benzene rings is 13. The van der Waals surface area contributed by atoms with Crippen LogP contribution in [0.5, 0.6) is 11.5 Å². The van der Waals surface area contributed by atoms with E-state index >= 15 is 0 Å². The molecular formula is C79H52B2N4OS2. The molecule has 0 fully saturated rings. The fourth-order valence-corrected chi connectivity index (χ4v) is 17.1. The minimum Gasteiger partial charge on any atom is -0.458 e. The summed E-state index contributed by atoms with van der Waals surface area (Å²) < 4.78 is 8.19. The number of hydrogen-bond donors (Lipinski definition) is 0. The molecule has 88 heavy (non-hydrogen) atoms. The summed E-state index contributed by atoms with van der Waals surface area (Å²) in [6.07, 6.45) is 0. The highest BCUT2D eigenvalue weighted by atomic mass is 32.2. The third-order valence-corrected chi connectivity index (χ3v) is 20.6. The smallest absolute Gasteiger partial charge is 0.256 e. The Bertz CT molecular complexity index is 4510. The van der Waals surface area contributed by atoms with Gasteiger partial charge in [0.15, 0.2) is 0 Å². The zero-order valence-corrected chi connectivity index (χ0v) is 49.3. The van der Waals surface area contributed by atoms with E-state index in [1.54, 1.807) is 0 Å². The van der Waals surface area contributed by atoms with Crippen LogP contribution >= 0.6 is 23.5 Å². The van der Waals surface area contributed by atoms with Gasteiger partial charge in [0.2, 0.25) is 6.71 Å². The van der Waals surface area contributed by atoms with Gasteiger partial charge in [-0.05, 0) is 154 Å². The summed E-state index contributed by atoms with van der Waals surface area (Å²) in [6, 6.07) is 114. The summed E-state index contributed by atoms with van der Waals surface area (Å²) in [5, 5.41) is 0. The minimum absolute atomic E-state index is 0.144. The zero-order chi connectivity index (χ0) is 57.8. The molecule has 0 bridgehead atoms. The van der Waals surface area contributed by atoms with Crippen molar-refractivity contribution in [3.63, 3.8) is 0 Å². The van der Waals surface area contributed by atoms with Gasteiger partial charge in [0, 0.05) is 99.7 Å². The predicted molar refractivity (Wildman–Crippen MR) is 370 cm³/mol. The first-order valence-electron chi connectivity index (χ1n) is 30.2. The van der Waals surface area contributed by atoms with Crippen LogP contribution in [0.2, 0.25) is 0 Å². The zero-order valence-electron chi connectivity index (χ0n) is 47.7. The molecule has 0 spiro atoms. The first-order valence-corrected chi connectivity index (χ1v) is 31.8. The number of ether oxygens (including phenoxy) is 1. The Labute approximate surface area is 521 Å². The first-order chi connectivity index (χ1) is 43.7. The Morgan fingerprint density at radius 3 is 1.23 bits per heavy atom. The van der Waals surface area contributed by atoms with Crippen molar-refractivity contribution in [1.82, 2.24) is 0 Å². The lowest BCUT2D eigenvalue weighted by molar-refractivity contribution is 0.477. The van der Waals surface area contributed by atoms with E-state index in [-0.39, 0.29) is 19.3 Å². The molecule has 0 aromatic heterocycles. The maximum Gasteiger partial charge on any atom is 0.256 e. The molecule has 0 aliphatic carbocycles. The van der Waals surface area contributed by atoms with E-state index < -0.39 is 0 Å². The molecule has 5 aliphatic heterocycles. The molecule has 0 N–H and O–H groups in total. The van der Waals surface area contributed by atoms with Gasteiger partial charge in [-0.1, -0.05) is 217 Å². The molecule has 0 unspecified atom stereocenters. The van der Waals surface area contributed by atoms with Crippen molar-refractivity contribution < 1.29 is 4.74 Å². The predicted octanol–water partition coefficient (Wildman–Crippen LogP) is 17.4. The highest BCUT2D eigenvalue weighted by molar-refractivity contribution is 8.00. The highest BCUT2D eigenvalue weighted by Crippen LogP contribution is 2.56. The van der Waals surface area contributed by atoms with Gasteiger partial charge < -0.3 is 24.3 Å². The second kappa shape index (κ2) is 20.7. The van der Waals surface area contributed by atoms with Crippen molar-refractivity contribution in [2.45, 2.75) is 25.5 Å². The van der Waals surface area contributed by atoms with Crippen LogP contribution in [0, 0.1) is 0 Å². The largest absolute Gasteiger partial charge is 0.458 e. The quantitative estimate of drug-likeness (QED) is 0.133. The number of hydrogen-bond acceptors (Lipinski definition) is 7. The SMILES string of the molecule is c1ccc(N(c2ccccc2)c2cc3c4c(c2)N(c2ccccc2)c2ccccc2B4c2cc4c(c(C5c6ccccc6Sc6ccccc65)c2O3)Sc2cc(N(c3ccccc3)c3ccccc3)cc3c2B4c2ccccc2N3c2ccccc2)cc1. The third kappa shape index (κ3) is 8.00. The molecule has 0 atom stereocenters. The Kier molecular flexibility index (Phi) is 12.0. The van der Waals surface area contributed by atoms with Crippen molar-refractivity contribution >= 4 is 138 Å². The molecule has 0 saturated carbocycles. The van der Waals surface area contributed by atoms with Crippen LogP contribution in [0.4, 0.5) is 68.2 Å². The van der Waals surface area contributed by atoms with Crippen molar-refractivity contribution in [2.24, 2.45) is 0 Å². The summed E-state index contributed by atoms with van der Waals surface area (Å²) in [4.78, 5) is 14.8. The van der Waals surface area contributed by atoms with E-state index in [4.69, 9.17) is 4.74 Å². The lowest BCUT2D eigenvalue weighted by Crippen LogP contribution is -2.64. The molecule has 13 aromatic rings. The summed E-state index contributed by atoms with van der Waals surface area (Å²) in [6.45, 7) is -0.347. The van der Waals surface area contributed by atoms with Gasteiger partial charge in [0.05, 0.1) is 5.69 Å². The van der Waals surface area contributed by atoms with Crippen LogP contribution in [0.15, 0.2) is 329 Å². The van der Waals surface area contributed by atoms with Crippen LogP contribution in [0.25, 0.3) is 0 Å². The van der Waals surface area contributed by atoms with Crippen molar-refractivity contribution in [1.29, 1.82) is 0 Å². The Hall–Kier alpha value is -10.3. The van der Waals surface area contributed by atoms with Crippen molar-refractivity contribution in [3.05, 3.63) is 326 Å². The maximum atomic E-state index is 8.19. The molecule has 0 amide bonds. The fourth-order valence-electron chi connectivity index (χ4n) is 14.6. The molecule has 18 rings (SSSR count). The van der Waals surface area contributed by atoms with Crippen LogP contribution in [0.1, 0.15) is 22.6 Å². The van der Waals surface area contributed by atoms with Gasteiger partial charge in [-0.3, -0.25) is 0 Å². The summed E-state index contributed by atoms with van der Waals surface area (Å²) >= 11 is 3.80. The highest BCUT2D eigenvalue weighted by Gasteiger charge is 2.49. The van der Waals surface area contributed by atoms with E-state index in [1.807, 2.05) is 23.5 Å². The molecule has 5 heterocycles. The topological polar surface area (TPSA) is 22.2 Å². The summed E-state index contributed by atoms with van der Waals surface area (Å²) in [5.74, 6) is 1.58. The molecule has 5 aliphatic rings. The van der Waals surface area contributed by atoms with Gasteiger partial charge in [-0.25, -0.2) is 0 Å². The molecule has 412 valence electrons. The van der Waals surface area contributed by atoms with Gasteiger partial charge in [-0.2, -0.15) is 0 Å².